The van der Waals surface area contributed by atoms with Gasteiger partial charge in [0.2, 0.25) is 5.91 Å². The minimum Gasteiger partial charge on any atom is -0.459 e. The second kappa shape index (κ2) is 7.45. The number of carbonyl (C=O) groups excluding carboxylic acids is 2. The molecule has 0 radical (unpaired) electrons. The summed E-state index contributed by atoms with van der Waals surface area (Å²) in [5.74, 6) is -0.00876. The molecule has 1 saturated carbocycles. The lowest BCUT2D eigenvalue weighted by molar-refractivity contribution is -0.133. The predicted molar refractivity (Wildman–Crippen MR) is 81.3 cm³/mol. The van der Waals surface area contributed by atoms with Gasteiger partial charge in [-0.15, -0.1) is 0 Å². The molecule has 0 unspecified atom stereocenters. The van der Waals surface area contributed by atoms with Crippen molar-refractivity contribution in [1.82, 2.24) is 10.2 Å². The van der Waals surface area contributed by atoms with Crippen LogP contribution in [0.25, 0.3) is 0 Å². The first-order valence-corrected chi connectivity index (χ1v) is 7.78. The van der Waals surface area contributed by atoms with Gasteiger partial charge in [0.1, 0.15) is 0 Å². The van der Waals surface area contributed by atoms with Gasteiger partial charge < -0.3 is 19.7 Å². The number of rotatable bonds is 7. The SMILES string of the molecule is CN(CC1(O)CCCC1)C(=O)CCCNC(=O)c1ccco1. The topological polar surface area (TPSA) is 82.8 Å². The van der Waals surface area contributed by atoms with E-state index < -0.39 is 5.60 Å². The van der Waals surface area contributed by atoms with Gasteiger partial charge in [0.25, 0.3) is 5.91 Å². The molecule has 1 fully saturated rings. The zero-order chi connectivity index (χ0) is 16.0. The van der Waals surface area contributed by atoms with Crippen molar-refractivity contribution in [2.24, 2.45) is 0 Å². The van der Waals surface area contributed by atoms with Crippen LogP contribution < -0.4 is 5.32 Å². The number of amides is 2. The summed E-state index contributed by atoms with van der Waals surface area (Å²) in [5, 5.41) is 13.0. The van der Waals surface area contributed by atoms with Crippen LogP contribution in [0.1, 0.15) is 49.1 Å². The van der Waals surface area contributed by atoms with Crippen molar-refractivity contribution >= 4 is 11.8 Å². The van der Waals surface area contributed by atoms with Gasteiger partial charge in [0.15, 0.2) is 5.76 Å². The fraction of sp³-hybridized carbons (Fsp3) is 0.625. The van der Waals surface area contributed by atoms with Gasteiger partial charge in [0, 0.05) is 26.6 Å². The zero-order valence-electron chi connectivity index (χ0n) is 13.0. The van der Waals surface area contributed by atoms with Crippen LogP contribution in [0.15, 0.2) is 22.8 Å². The lowest BCUT2D eigenvalue weighted by Crippen LogP contribution is -2.42. The number of likely N-dealkylation sites (N-methyl/N-ethyl adjacent to an activating group) is 1. The summed E-state index contributed by atoms with van der Waals surface area (Å²) in [4.78, 5) is 25.3. The van der Waals surface area contributed by atoms with Crippen LogP contribution >= 0.6 is 0 Å². The summed E-state index contributed by atoms with van der Waals surface area (Å²) >= 11 is 0. The summed E-state index contributed by atoms with van der Waals surface area (Å²) < 4.78 is 4.98. The van der Waals surface area contributed by atoms with Gasteiger partial charge in [-0.25, -0.2) is 0 Å². The van der Waals surface area contributed by atoms with E-state index in [0.717, 1.165) is 25.7 Å². The van der Waals surface area contributed by atoms with Crippen molar-refractivity contribution in [3.63, 3.8) is 0 Å². The normalized spacial score (nSPS) is 16.5. The maximum absolute atomic E-state index is 12.0. The highest BCUT2D eigenvalue weighted by atomic mass is 16.3. The summed E-state index contributed by atoms with van der Waals surface area (Å²) in [6, 6.07) is 3.25. The Hall–Kier alpha value is -1.82. The molecule has 0 aliphatic heterocycles. The highest BCUT2D eigenvalue weighted by Gasteiger charge is 2.33. The monoisotopic (exact) mass is 308 g/mol. The second-order valence-corrected chi connectivity index (χ2v) is 6.02. The van der Waals surface area contributed by atoms with E-state index in [-0.39, 0.29) is 17.6 Å². The summed E-state index contributed by atoms with van der Waals surface area (Å²) in [6.07, 6.45) is 5.95. The number of nitrogens with zero attached hydrogens (tertiary/aromatic N) is 1. The molecular formula is C16H24N2O4. The van der Waals surface area contributed by atoms with Crippen molar-refractivity contribution < 1.29 is 19.1 Å². The smallest absolute Gasteiger partial charge is 0.286 e. The number of nitrogens with one attached hydrogen (secondary N) is 1. The highest BCUT2D eigenvalue weighted by molar-refractivity contribution is 5.91. The maximum Gasteiger partial charge on any atom is 0.286 e. The molecule has 1 aliphatic rings. The van der Waals surface area contributed by atoms with Crippen LogP contribution in [0.3, 0.4) is 0 Å². The van der Waals surface area contributed by atoms with Gasteiger partial charge in [-0.05, 0) is 31.4 Å². The van der Waals surface area contributed by atoms with Gasteiger partial charge >= 0.3 is 0 Å². The number of hydrogen-bond donors (Lipinski definition) is 2. The molecule has 2 amide bonds. The van der Waals surface area contributed by atoms with Crippen LogP contribution in [0.4, 0.5) is 0 Å². The van der Waals surface area contributed by atoms with Gasteiger partial charge in [-0.1, -0.05) is 12.8 Å². The zero-order valence-corrected chi connectivity index (χ0v) is 13.0. The second-order valence-electron chi connectivity index (χ2n) is 6.02. The molecule has 2 rings (SSSR count). The lowest BCUT2D eigenvalue weighted by atomic mass is 10.0. The summed E-state index contributed by atoms with van der Waals surface area (Å²) in [5.41, 5.74) is -0.710. The molecule has 0 aromatic carbocycles. The molecule has 122 valence electrons. The Morgan fingerprint density at radius 3 is 2.77 bits per heavy atom. The molecule has 0 spiro atoms. The molecule has 0 saturated heterocycles. The van der Waals surface area contributed by atoms with Gasteiger partial charge in [0.05, 0.1) is 11.9 Å². The molecule has 6 heteroatoms. The Balaban J connectivity index is 1.63. The number of aliphatic hydroxyl groups is 1. The Bertz CT molecular complexity index is 492. The third kappa shape index (κ3) is 4.59. The van der Waals surface area contributed by atoms with Crippen LogP contribution in [-0.2, 0) is 4.79 Å². The Kier molecular flexibility index (Phi) is 5.60. The largest absolute Gasteiger partial charge is 0.459 e. The number of furan rings is 1. The van der Waals surface area contributed by atoms with Gasteiger partial charge in [-0.2, -0.15) is 0 Å². The molecule has 6 nitrogen and oxygen atoms in total. The first-order valence-electron chi connectivity index (χ1n) is 7.78. The van der Waals surface area contributed by atoms with Gasteiger partial charge in [-0.3, -0.25) is 9.59 Å². The Morgan fingerprint density at radius 1 is 1.41 bits per heavy atom. The van der Waals surface area contributed by atoms with Crippen molar-refractivity contribution in [2.75, 3.05) is 20.1 Å². The quantitative estimate of drug-likeness (QED) is 0.749. The molecule has 0 bridgehead atoms. The minimum atomic E-state index is -0.710. The maximum atomic E-state index is 12.0. The first kappa shape index (κ1) is 16.5. The third-order valence-electron chi connectivity index (χ3n) is 4.09. The summed E-state index contributed by atoms with van der Waals surface area (Å²) in [7, 11) is 1.72. The van der Waals surface area contributed by atoms with E-state index in [1.54, 1.807) is 24.1 Å². The van der Waals surface area contributed by atoms with Crippen molar-refractivity contribution in [1.29, 1.82) is 0 Å². The van der Waals surface area contributed by atoms with E-state index in [1.165, 1.54) is 6.26 Å². The first-order chi connectivity index (χ1) is 10.5. The van der Waals surface area contributed by atoms with Crippen LogP contribution in [0.2, 0.25) is 0 Å². The minimum absolute atomic E-state index is 0.00688. The molecule has 2 N–H and O–H groups in total. The third-order valence-corrected chi connectivity index (χ3v) is 4.09. The highest BCUT2D eigenvalue weighted by Crippen LogP contribution is 2.29. The van der Waals surface area contributed by atoms with Crippen LogP contribution in [-0.4, -0.2) is 47.6 Å². The summed E-state index contributed by atoms with van der Waals surface area (Å²) in [6.45, 7) is 0.813. The van der Waals surface area contributed by atoms with E-state index in [9.17, 15) is 14.7 Å². The van der Waals surface area contributed by atoms with Crippen LogP contribution in [0, 0.1) is 0 Å². The van der Waals surface area contributed by atoms with E-state index in [2.05, 4.69) is 5.32 Å². The van der Waals surface area contributed by atoms with E-state index in [1.807, 2.05) is 0 Å². The average Bonchev–Trinajstić information content (AvgIpc) is 3.14. The molecule has 22 heavy (non-hydrogen) atoms. The molecule has 1 aliphatic carbocycles. The standard InChI is InChI=1S/C16H24N2O4/c1-18(12-16(21)8-2-3-9-16)14(19)7-4-10-17-15(20)13-6-5-11-22-13/h5-6,11,21H,2-4,7-10,12H2,1H3,(H,17,20). The van der Waals surface area contributed by atoms with Crippen LogP contribution in [0.5, 0.6) is 0 Å². The molecule has 1 heterocycles. The predicted octanol–water partition coefficient (Wildman–Crippen LogP) is 1.55. The van der Waals surface area contributed by atoms with Crippen molar-refractivity contribution in [3.8, 4) is 0 Å². The Labute approximate surface area is 130 Å². The van der Waals surface area contributed by atoms with E-state index in [0.29, 0.717) is 25.9 Å². The average molecular weight is 308 g/mol. The fourth-order valence-corrected chi connectivity index (χ4v) is 2.85. The molecule has 1 aromatic rings. The van der Waals surface area contributed by atoms with E-state index >= 15 is 0 Å². The molecular weight excluding hydrogens is 284 g/mol. The Morgan fingerprint density at radius 2 is 2.14 bits per heavy atom. The molecule has 1 aromatic heterocycles. The fourth-order valence-electron chi connectivity index (χ4n) is 2.85. The van der Waals surface area contributed by atoms with Crippen molar-refractivity contribution in [2.45, 2.75) is 44.1 Å². The number of hydrogen-bond acceptors (Lipinski definition) is 4. The number of carbonyl (C=O) groups is 2. The molecule has 0 atom stereocenters. The lowest BCUT2D eigenvalue weighted by Gasteiger charge is -2.28. The van der Waals surface area contributed by atoms with Crippen molar-refractivity contribution in [3.05, 3.63) is 24.2 Å². The van der Waals surface area contributed by atoms with E-state index in [4.69, 9.17) is 4.42 Å².